The van der Waals surface area contributed by atoms with Crippen LogP contribution in [0, 0.1) is 29.1 Å². The van der Waals surface area contributed by atoms with Gasteiger partial charge < -0.3 is 18.6 Å². The van der Waals surface area contributed by atoms with E-state index in [0.29, 0.717) is 46.6 Å². The molecule has 196 valence electrons. The van der Waals surface area contributed by atoms with E-state index in [1.165, 1.54) is 19.3 Å². The predicted molar refractivity (Wildman–Crippen MR) is 141 cm³/mol. The van der Waals surface area contributed by atoms with E-state index in [1.807, 2.05) is 24.3 Å². The van der Waals surface area contributed by atoms with Crippen molar-refractivity contribution < 1.29 is 28.2 Å². The zero-order valence-electron chi connectivity index (χ0n) is 21.5. The van der Waals surface area contributed by atoms with Crippen molar-refractivity contribution in [3.63, 3.8) is 0 Å². The van der Waals surface area contributed by atoms with E-state index in [1.54, 1.807) is 38.5 Å². The number of nitrogens with one attached hydrogen (secondary N) is 1. The first-order valence-electron chi connectivity index (χ1n) is 12.8. The maximum Gasteiger partial charge on any atom is 0.306 e. The number of fused-ring (bicyclic) bond motifs is 2. The van der Waals surface area contributed by atoms with E-state index in [0.717, 1.165) is 17.9 Å². The van der Waals surface area contributed by atoms with Gasteiger partial charge >= 0.3 is 5.97 Å². The summed E-state index contributed by atoms with van der Waals surface area (Å²) in [5.74, 6) is 2.53. The van der Waals surface area contributed by atoms with Crippen molar-refractivity contribution in [2.75, 3.05) is 26.1 Å². The highest BCUT2D eigenvalue weighted by Gasteiger charge is 2.40. The zero-order valence-corrected chi connectivity index (χ0v) is 21.5. The van der Waals surface area contributed by atoms with Crippen molar-refractivity contribution in [1.82, 2.24) is 0 Å². The molecule has 8 heteroatoms. The summed E-state index contributed by atoms with van der Waals surface area (Å²) >= 11 is 0. The summed E-state index contributed by atoms with van der Waals surface area (Å²) < 4.78 is 21.8. The van der Waals surface area contributed by atoms with E-state index in [-0.39, 0.29) is 17.4 Å². The van der Waals surface area contributed by atoms with Gasteiger partial charge in [-0.15, -0.1) is 0 Å². The van der Waals surface area contributed by atoms with Crippen LogP contribution in [0.4, 0.5) is 5.88 Å². The van der Waals surface area contributed by atoms with Gasteiger partial charge in [-0.1, -0.05) is 18.6 Å². The highest BCUT2D eigenvalue weighted by molar-refractivity contribution is 5.96. The van der Waals surface area contributed by atoms with Gasteiger partial charge in [0.05, 0.1) is 14.2 Å². The highest BCUT2D eigenvalue weighted by atomic mass is 16.5. The summed E-state index contributed by atoms with van der Waals surface area (Å²) in [7, 11) is 3.16. The topological polar surface area (TPSA) is 111 Å². The van der Waals surface area contributed by atoms with E-state index in [2.05, 4.69) is 11.4 Å². The Morgan fingerprint density at radius 1 is 0.974 bits per heavy atom. The second-order valence-corrected chi connectivity index (χ2v) is 9.93. The Morgan fingerprint density at radius 2 is 1.63 bits per heavy atom. The fourth-order valence-corrected chi connectivity index (χ4v) is 5.81. The van der Waals surface area contributed by atoms with E-state index >= 15 is 0 Å². The lowest BCUT2D eigenvalue weighted by atomic mass is 9.86. The van der Waals surface area contributed by atoms with Gasteiger partial charge in [0, 0.05) is 17.5 Å². The first kappa shape index (κ1) is 25.4. The number of anilines is 1. The number of ether oxygens (including phenoxy) is 3. The Kier molecular flexibility index (Phi) is 7.36. The number of nitriles is 1. The smallest absolute Gasteiger partial charge is 0.306 e. The lowest BCUT2D eigenvalue weighted by Crippen LogP contribution is -2.23. The number of carbonyl (C=O) groups is 2. The molecule has 1 aromatic heterocycles. The number of rotatable bonds is 9. The van der Waals surface area contributed by atoms with Gasteiger partial charge in [-0.2, -0.15) is 5.26 Å². The molecule has 2 aliphatic carbocycles. The molecule has 3 aromatic rings. The third-order valence-corrected chi connectivity index (χ3v) is 7.68. The van der Waals surface area contributed by atoms with E-state index in [9.17, 15) is 14.9 Å². The van der Waals surface area contributed by atoms with E-state index in [4.69, 9.17) is 18.6 Å². The monoisotopic (exact) mass is 514 g/mol. The van der Waals surface area contributed by atoms with Crippen LogP contribution in [0.3, 0.4) is 0 Å². The van der Waals surface area contributed by atoms with Crippen molar-refractivity contribution in [1.29, 1.82) is 5.26 Å². The predicted octanol–water partition coefficient (Wildman–Crippen LogP) is 5.81. The molecule has 3 atom stereocenters. The Bertz CT molecular complexity index is 1350. The van der Waals surface area contributed by atoms with Crippen molar-refractivity contribution in [2.45, 2.75) is 32.1 Å². The number of benzene rings is 2. The molecule has 3 unspecified atom stereocenters. The van der Waals surface area contributed by atoms with Crippen LogP contribution < -0.4 is 14.8 Å². The van der Waals surface area contributed by atoms with Crippen molar-refractivity contribution in [2.24, 2.45) is 17.8 Å². The van der Waals surface area contributed by atoms with E-state index < -0.39 is 12.5 Å². The summed E-state index contributed by atoms with van der Waals surface area (Å²) in [4.78, 5) is 25.1. The van der Waals surface area contributed by atoms with Crippen LogP contribution in [0.5, 0.6) is 11.5 Å². The normalized spacial score (nSPS) is 19.6. The molecule has 1 N–H and O–H groups in total. The minimum atomic E-state index is -0.570. The van der Waals surface area contributed by atoms with Crippen molar-refractivity contribution in [3.05, 3.63) is 54.1 Å². The minimum Gasteiger partial charge on any atom is -0.497 e. The summed E-state index contributed by atoms with van der Waals surface area (Å²) in [6.45, 7) is -0.443. The molecule has 38 heavy (non-hydrogen) atoms. The second kappa shape index (κ2) is 11.0. The van der Waals surface area contributed by atoms with Gasteiger partial charge in [-0.3, -0.25) is 14.9 Å². The number of furan rings is 1. The molecule has 0 radical (unpaired) electrons. The summed E-state index contributed by atoms with van der Waals surface area (Å²) in [6, 6.07) is 16.6. The summed E-state index contributed by atoms with van der Waals surface area (Å²) in [6.07, 6.45) is 5.08. The lowest BCUT2D eigenvalue weighted by Gasteiger charge is -2.20. The molecule has 0 spiro atoms. The quantitative estimate of drug-likeness (QED) is 0.359. The Labute approximate surface area is 221 Å². The van der Waals surface area contributed by atoms with Crippen LogP contribution >= 0.6 is 0 Å². The molecule has 2 bridgehead atoms. The Balaban J connectivity index is 1.35. The average molecular weight is 515 g/mol. The van der Waals surface area contributed by atoms with Crippen molar-refractivity contribution in [3.8, 4) is 40.0 Å². The van der Waals surface area contributed by atoms with Crippen molar-refractivity contribution >= 4 is 17.8 Å². The first-order chi connectivity index (χ1) is 18.5. The molecular weight excluding hydrogens is 484 g/mol. The molecule has 1 amide bonds. The van der Waals surface area contributed by atoms with Crippen LogP contribution in [0.15, 0.2) is 52.9 Å². The molecule has 5 rings (SSSR count). The standard InChI is InChI=1S/C30H30N2O6/c1-35-23-9-5-19(6-10-23)28-25(16-31)30(38-29(28)20-7-11-24(36-2)12-8-20)32-26(33)17-37-27(34)15-22-14-18-3-4-21(22)13-18/h5-12,18,21-22H,3-4,13-15,17H2,1-2H3,(H,32,33). The number of esters is 1. The summed E-state index contributed by atoms with van der Waals surface area (Å²) in [5.41, 5.74) is 2.12. The fraction of sp³-hybridized carbons (Fsp3) is 0.367. The molecule has 2 aromatic carbocycles. The molecule has 0 saturated heterocycles. The van der Waals surface area contributed by atoms with Crippen LogP contribution in [0.2, 0.25) is 0 Å². The van der Waals surface area contributed by atoms with Gasteiger partial charge in [0.25, 0.3) is 5.91 Å². The van der Waals surface area contributed by atoms with Crippen LogP contribution in [-0.2, 0) is 14.3 Å². The van der Waals surface area contributed by atoms with Gasteiger partial charge in [-0.25, -0.2) is 0 Å². The number of amides is 1. The number of methoxy groups -OCH3 is 2. The first-order valence-corrected chi connectivity index (χ1v) is 12.8. The number of hydrogen-bond donors (Lipinski definition) is 1. The average Bonchev–Trinajstić information content (AvgIpc) is 3.66. The third kappa shape index (κ3) is 5.23. The van der Waals surface area contributed by atoms with Crippen LogP contribution in [-0.4, -0.2) is 32.7 Å². The lowest BCUT2D eigenvalue weighted by molar-refractivity contribution is -0.148. The number of hydrogen-bond acceptors (Lipinski definition) is 7. The third-order valence-electron chi connectivity index (χ3n) is 7.68. The molecule has 8 nitrogen and oxygen atoms in total. The Hall–Kier alpha value is -4.25. The molecule has 0 aliphatic heterocycles. The molecule has 2 fully saturated rings. The maximum atomic E-state index is 12.7. The maximum absolute atomic E-state index is 12.7. The SMILES string of the molecule is COc1ccc(-c2oc(NC(=O)COC(=O)CC3CC4CCC3C4)c(C#N)c2-c2ccc(OC)cc2)cc1. The molecule has 1 heterocycles. The summed E-state index contributed by atoms with van der Waals surface area (Å²) in [5, 5.41) is 12.7. The van der Waals surface area contributed by atoms with Crippen LogP contribution in [0.1, 0.15) is 37.7 Å². The minimum absolute atomic E-state index is 0.00159. The van der Waals surface area contributed by atoms with Gasteiger partial charge in [0.1, 0.15) is 28.9 Å². The molecule has 2 aliphatic rings. The van der Waals surface area contributed by atoms with Gasteiger partial charge in [0.15, 0.2) is 6.61 Å². The largest absolute Gasteiger partial charge is 0.497 e. The number of carbonyl (C=O) groups excluding carboxylic acids is 2. The second-order valence-electron chi connectivity index (χ2n) is 9.93. The Morgan fingerprint density at radius 3 is 2.18 bits per heavy atom. The zero-order chi connectivity index (χ0) is 26.6. The highest BCUT2D eigenvalue weighted by Crippen LogP contribution is 2.49. The van der Waals surface area contributed by atoms with Crippen LogP contribution in [0.25, 0.3) is 22.5 Å². The molecular formula is C30H30N2O6. The fourth-order valence-electron chi connectivity index (χ4n) is 5.81. The van der Waals surface area contributed by atoms with Gasteiger partial charge in [-0.05, 0) is 79.0 Å². The van der Waals surface area contributed by atoms with Gasteiger partial charge in [0.2, 0.25) is 5.88 Å². The number of nitrogens with zero attached hydrogens (tertiary/aromatic N) is 1. The molecule has 2 saturated carbocycles.